The van der Waals surface area contributed by atoms with E-state index < -0.39 is 10.7 Å². The van der Waals surface area contributed by atoms with Crippen LogP contribution in [0.25, 0.3) is 6.08 Å². The maximum atomic E-state index is 13.0. The Morgan fingerprint density at radius 1 is 1.07 bits per heavy atom. The number of benzene rings is 3. The summed E-state index contributed by atoms with van der Waals surface area (Å²) in [4.78, 5) is 23.6. The normalized spacial score (nSPS) is 14.2. The van der Waals surface area contributed by atoms with Crippen LogP contribution in [0.4, 0.5) is 10.1 Å². The molecule has 3 aromatic rings. The van der Waals surface area contributed by atoms with Gasteiger partial charge in [0.25, 0.3) is 0 Å². The second-order valence-electron chi connectivity index (χ2n) is 6.32. The van der Waals surface area contributed by atoms with Crippen LogP contribution >= 0.6 is 0 Å². The van der Waals surface area contributed by atoms with Crippen LogP contribution in [0.1, 0.15) is 15.9 Å². The Balaban J connectivity index is 1.65. The zero-order chi connectivity index (χ0) is 20.4. The van der Waals surface area contributed by atoms with Gasteiger partial charge in [0.2, 0.25) is 5.75 Å². The van der Waals surface area contributed by atoms with Crippen LogP contribution in [0.5, 0.6) is 17.2 Å². The maximum absolute atomic E-state index is 13.0. The predicted molar refractivity (Wildman–Crippen MR) is 104 cm³/mol. The molecule has 4 rings (SSSR count). The summed E-state index contributed by atoms with van der Waals surface area (Å²) >= 11 is 0. The molecule has 29 heavy (non-hydrogen) atoms. The van der Waals surface area contributed by atoms with Gasteiger partial charge in [0.15, 0.2) is 5.78 Å². The quantitative estimate of drug-likeness (QED) is 0.348. The lowest BCUT2D eigenvalue weighted by atomic mass is 9.98. The molecule has 144 valence electrons. The van der Waals surface area contributed by atoms with E-state index in [-0.39, 0.29) is 29.6 Å². The van der Waals surface area contributed by atoms with E-state index in [4.69, 9.17) is 9.47 Å². The van der Waals surface area contributed by atoms with Crippen LogP contribution in [0.2, 0.25) is 0 Å². The van der Waals surface area contributed by atoms with E-state index in [0.29, 0.717) is 22.4 Å². The highest BCUT2D eigenvalue weighted by atomic mass is 19.1. The van der Waals surface area contributed by atoms with Gasteiger partial charge in [-0.15, -0.1) is 0 Å². The first-order chi connectivity index (χ1) is 14.0. The number of hydrogen-bond donors (Lipinski definition) is 0. The molecule has 1 aliphatic heterocycles. The number of halogens is 1. The number of Topliss-reactive ketones (excluding diaryl/α,β-unsaturated/α-hetero) is 1. The summed E-state index contributed by atoms with van der Waals surface area (Å²) in [7, 11) is 0. The molecule has 0 fully saturated rings. The fraction of sp³-hybridized carbons (Fsp3) is 0.0455. The molecule has 0 amide bonds. The zero-order valence-electron chi connectivity index (χ0n) is 15.0. The Morgan fingerprint density at radius 3 is 2.59 bits per heavy atom. The van der Waals surface area contributed by atoms with Crippen LogP contribution in [0, 0.1) is 15.9 Å². The summed E-state index contributed by atoms with van der Waals surface area (Å²) in [5.41, 5.74) is 1.05. The Morgan fingerprint density at radius 2 is 1.83 bits per heavy atom. The summed E-state index contributed by atoms with van der Waals surface area (Å²) in [5, 5.41) is 11.5. The number of hydrogen-bond acceptors (Lipinski definition) is 5. The smallest absolute Gasteiger partial charge is 0.312 e. The minimum absolute atomic E-state index is 0.0142. The predicted octanol–water partition coefficient (Wildman–Crippen LogP) is 5.18. The molecule has 0 saturated heterocycles. The highest BCUT2D eigenvalue weighted by molar-refractivity contribution is 6.14. The molecule has 0 bridgehead atoms. The molecule has 1 aliphatic rings. The van der Waals surface area contributed by atoms with Crippen molar-refractivity contribution in [2.75, 3.05) is 6.61 Å². The molecule has 6 nitrogen and oxygen atoms in total. The van der Waals surface area contributed by atoms with Crippen molar-refractivity contribution in [1.29, 1.82) is 0 Å². The number of ketones is 1. The van der Waals surface area contributed by atoms with Crippen molar-refractivity contribution in [2.24, 2.45) is 0 Å². The molecule has 0 spiro atoms. The highest BCUT2D eigenvalue weighted by Gasteiger charge is 2.23. The van der Waals surface area contributed by atoms with Gasteiger partial charge in [0.05, 0.1) is 10.5 Å². The summed E-state index contributed by atoms with van der Waals surface area (Å²) in [5.74, 6) is 0.188. The Kier molecular flexibility index (Phi) is 4.78. The number of carbonyl (C=O) groups excluding carboxylic acids is 1. The molecular weight excluding hydrogens is 377 g/mol. The van der Waals surface area contributed by atoms with Gasteiger partial charge in [0.1, 0.15) is 23.9 Å². The fourth-order valence-corrected chi connectivity index (χ4v) is 2.97. The van der Waals surface area contributed by atoms with E-state index >= 15 is 0 Å². The van der Waals surface area contributed by atoms with Crippen molar-refractivity contribution in [2.45, 2.75) is 0 Å². The average molecular weight is 391 g/mol. The number of ether oxygens (including phenoxy) is 2. The van der Waals surface area contributed by atoms with E-state index in [1.807, 2.05) is 0 Å². The Hall–Kier alpha value is -4.00. The fourth-order valence-electron chi connectivity index (χ4n) is 2.97. The molecular formula is C22H14FNO5. The summed E-state index contributed by atoms with van der Waals surface area (Å²) < 4.78 is 24.1. The Bertz CT molecular complexity index is 1140. The molecule has 0 aromatic heterocycles. The van der Waals surface area contributed by atoms with Gasteiger partial charge in [-0.1, -0.05) is 18.2 Å². The lowest BCUT2D eigenvalue weighted by Gasteiger charge is -2.18. The molecule has 0 atom stereocenters. The van der Waals surface area contributed by atoms with Gasteiger partial charge in [-0.05, 0) is 54.1 Å². The van der Waals surface area contributed by atoms with E-state index in [1.165, 1.54) is 36.4 Å². The number of fused-ring (bicyclic) bond motifs is 1. The zero-order valence-corrected chi connectivity index (χ0v) is 15.0. The van der Waals surface area contributed by atoms with Crippen molar-refractivity contribution >= 4 is 17.5 Å². The highest BCUT2D eigenvalue weighted by Crippen LogP contribution is 2.34. The van der Waals surface area contributed by atoms with Crippen LogP contribution < -0.4 is 9.47 Å². The maximum Gasteiger partial charge on any atom is 0.312 e. The van der Waals surface area contributed by atoms with Gasteiger partial charge < -0.3 is 9.47 Å². The molecule has 0 N–H and O–H groups in total. The third kappa shape index (κ3) is 3.84. The number of para-hydroxylation sites is 1. The molecule has 0 saturated carbocycles. The van der Waals surface area contributed by atoms with Crippen molar-refractivity contribution < 1.29 is 23.6 Å². The van der Waals surface area contributed by atoms with Gasteiger partial charge in [-0.2, -0.15) is 0 Å². The van der Waals surface area contributed by atoms with Crippen LogP contribution in [-0.4, -0.2) is 17.3 Å². The molecule has 7 heteroatoms. The second kappa shape index (κ2) is 7.55. The SMILES string of the molecule is O=C1/C(=C\c2ccc(Oc3ccc(F)cc3)c([N+](=O)[O-])c2)COc2ccccc21. The van der Waals surface area contributed by atoms with Gasteiger partial charge in [0, 0.05) is 11.6 Å². The molecule has 3 aromatic carbocycles. The van der Waals surface area contributed by atoms with Crippen molar-refractivity contribution in [1.82, 2.24) is 0 Å². The standard InChI is InChI=1S/C22H14FNO5/c23-16-6-8-17(9-7-16)29-21-10-5-14(12-19(21)24(26)27)11-15-13-28-20-4-2-1-3-18(20)22(15)25/h1-12H,13H2/b15-11-. The van der Waals surface area contributed by atoms with Crippen LogP contribution in [-0.2, 0) is 0 Å². The van der Waals surface area contributed by atoms with Gasteiger partial charge in [-0.3, -0.25) is 14.9 Å². The van der Waals surface area contributed by atoms with Crippen molar-refractivity contribution in [3.05, 3.63) is 99.4 Å². The molecule has 0 radical (unpaired) electrons. The lowest BCUT2D eigenvalue weighted by Crippen LogP contribution is -2.18. The topological polar surface area (TPSA) is 78.7 Å². The number of nitrogens with zero attached hydrogens (tertiary/aromatic N) is 1. The van der Waals surface area contributed by atoms with E-state index in [2.05, 4.69) is 0 Å². The number of rotatable bonds is 4. The van der Waals surface area contributed by atoms with Crippen LogP contribution in [0.15, 0.2) is 72.3 Å². The van der Waals surface area contributed by atoms with Gasteiger partial charge >= 0.3 is 5.69 Å². The summed E-state index contributed by atoms with van der Waals surface area (Å²) in [6.45, 7) is 0.0808. The average Bonchev–Trinajstić information content (AvgIpc) is 2.73. The van der Waals surface area contributed by atoms with E-state index in [1.54, 1.807) is 36.4 Å². The first-order valence-corrected chi connectivity index (χ1v) is 8.70. The minimum atomic E-state index is -0.574. The van der Waals surface area contributed by atoms with Crippen molar-refractivity contribution in [3.63, 3.8) is 0 Å². The first kappa shape index (κ1) is 18.4. The van der Waals surface area contributed by atoms with E-state index in [9.17, 15) is 19.3 Å². The minimum Gasteiger partial charge on any atom is -0.488 e. The largest absolute Gasteiger partial charge is 0.488 e. The summed E-state index contributed by atoms with van der Waals surface area (Å²) in [6.07, 6.45) is 1.56. The third-order valence-electron chi connectivity index (χ3n) is 4.37. The molecule has 1 heterocycles. The molecule has 0 aliphatic carbocycles. The van der Waals surface area contributed by atoms with Crippen LogP contribution in [0.3, 0.4) is 0 Å². The Labute approximate surface area is 165 Å². The third-order valence-corrected chi connectivity index (χ3v) is 4.37. The lowest BCUT2D eigenvalue weighted by molar-refractivity contribution is -0.385. The van der Waals surface area contributed by atoms with Crippen molar-refractivity contribution in [3.8, 4) is 17.2 Å². The second-order valence-corrected chi connectivity index (χ2v) is 6.32. The monoisotopic (exact) mass is 391 g/mol. The number of nitro benzene ring substituents is 1. The molecule has 0 unspecified atom stereocenters. The summed E-state index contributed by atoms with van der Waals surface area (Å²) in [6, 6.07) is 16.4. The number of nitro groups is 1. The van der Waals surface area contributed by atoms with Gasteiger partial charge in [-0.25, -0.2) is 4.39 Å². The van der Waals surface area contributed by atoms with E-state index in [0.717, 1.165) is 0 Å². The number of carbonyl (C=O) groups is 1. The first-order valence-electron chi connectivity index (χ1n) is 8.70.